The van der Waals surface area contributed by atoms with Crippen molar-refractivity contribution in [2.45, 2.75) is 47.1 Å². The lowest BCUT2D eigenvalue weighted by molar-refractivity contribution is 0.132. The van der Waals surface area contributed by atoms with Crippen molar-refractivity contribution < 1.29 is 0 Å². The van der Waals surface area contributed by atoms with Gasteiger partial charge in [-0.25, -0.2) is 14.5 Å². The summed E-state index contributed by atoms with van der Waals surface area (Å²) in [5.74, 6) is 2.95. The molecule has 4 aromatic rings. The van der Waals surface area contributed by atoms with Gasteiger partial charge in [0.05, 0.1) is 18.1 Å². The van der Waals surface area contributed by atoms with Crippen molar-refractivity contribution in [1.29, 1.82) is 0 Å². The van der Waals surface area contributed by atoms with Crippen LogP contribution in [0.2, 0.25) is 0 Å². The van der Waals surface area contributed by atoms with Crippen LogP contribution >= 0.6 is 0 Å². The van der Waals surface area contributed by atoms with Crippen LogP contribution in [0.1, 0.15) is 41.7 Å². The predicted octanol–water partition coefficient (Wildman–Crippen LogP) is 3.71. The normalized spacial score (nSPS) is 18.9. The Labute approximate surface area is 230 Å². The molecule has 2 aliphatic heterocycles. The minimum atomic E-state index is 0.547. The topological polar surface area (TPSA) is 78.6 Å². The van der Waals surface area contributed by atoms with Gasteiger partial charge in [0, 0.05) is 62.8 Å². The third kappa shape index (κ3) is 5.51. The number of aromatic nitrogens is 6. The van der Waals surface area contributed by atoms with E-state index in [0.717, 1.165) is 86.4 Å². The number of benzene rings is 1. The maximum atomic E-state index is 4.80. The van der Waals surface area contributed by atoms with Gasteiger partial charge in [0.1, 0.15) is 11.6 Å². The van der Waals surface area contributed by atoms with E-state index in [1.54, 1.807) is 0 Å². The summed E-state index contributed by atoms with van der Waals surface area (Å²) in [7, 11) is 0. The smallest absolute Gasteiger partial charge is 0.252 e. The number of piperazine rings is 1. The molecule has 0 N–H and O–H groups in total. The average molecular weight is 526 g/mol. The summed E-state index contributed by atoms with van der Waals surface area (Å²) < 4.78 is 1.88. The SMILES string of the molecule is CCN1CCN(Cc2ccc(-c3cnc(N4CC[C@@H](Cc5c(C)nc6nc(C)nn6c5C)C4)cn3)cc2)CC1. The first-order valence-corrected chi connectivity index (χ1v) is 14.3. The number of hydrogen-bond donors (Lipinski definition) is 0. The maximum Gasteiger partial charge on any atom is 0.252 e. The molecule has 5 heterocycles. The third-order valence-electron chi connectivity index (χ3n) is 8.46. The van der Waals surface area contributed by atoms with Crippen molar-refractivity contribution in [1.82, 2.24) is 39.3 Å². The van der Waals surface area contributed by atoms with Crippen LogP contribution in [0.15, 0.2) is 36.7 Å². The first kappa shape index (κ1) is 25.8. The van der Waals surface area contributed by atoms with E-state index in [1.807, 2.05) is 23.8 Å². The molecule has 0 unspecified atom stereocenters. The highest BCUT2D eigenvalue weighted by atomic mass is 15.3. The number of fused-ring (bicyclic) bond motifs is 1. The van der Waals surface area contributed by atoms with E-state index in [2.05, 4.69) is 69.8 Å². The maximum absolute atomic E-state index is 4.80. The Kier molecular flexibility index (Phi) is 7.27. The lowest BCUT2D eigenvalue weighted by atomic mass is 9.96. The van der Waals surface area contributed by atoms with Gasteiger partial charge in [-0.15, -0.1) is 0 Å². The molecule has 9 heteroatoms. The van der Waals surface area contributed by atoms with Gasteiger partial charge >= 0.3 is 0 Å². The molecular weight excluding hydrogens is 486 g/mol. The lowest BCUT2D eigenvalue weighted by Gasteiger charge is -2.34. The molecule has 0 spiro atoms. The summed E-state index contributed by atoms with van der Waals surface area (Å²) >= 11 is 0. The average Bonchev–Trinajstić information content (AvgIpc) is 3.58. The molecule has 0 saturated carbocycles. The Morgan fingerprint density at radius 1 is 0.872 bits per heavy atom. The fraction of sp³-hybridized carbons (Fsp3) is 0.500. The Bertz CT molecular complexity index is 1420. The molecule has 0 aliphatic carbocycles. The van der Waals surface area contributed by atoms with Crippen molar-refractivity contribution in [2.24, 2.45) is 5.92 Å². The highest BCUT2D eigenvalue weighted by molar-refractivity contribution is 5.59. The molecule has 204 valence electrons. The third-order valence-corrected chi connectivity index (χ3v) is 8.46. The summed E-state index contributed by atoms with van der Waals surface area (Å²) in [5, 5.41) is 4.53. The number of nitrogens with zero attached hydrogens (tertiary/aromatic N) is 9. The monoisotopic (exact) mass is 525 g/mol. The molecule has 6 rings (SSSR count). The number of rotatable bonds is 7. The Morgan fingerprint density at radius 3 is 2.36 bits per heavy atom. The van der Waals surface area contributed by atoms with E-state index in [9.17, 15) is 0 Å². The highest BCUT2D eigenvalue weighted by Gasteiger charge is 2.26. The number of anilines is 1. The van der Waals surface area contributed by atoms with Gasteiger partial charge in [0.15, 0.2) is 0 Å². The lowest BCUT2D eigenvalue weighted by Crippen LogP contribution is -2.45. The van der Waals surface area contributed by atoms with E-state index < -0.39 is 0 Å². The second-order valence-electron chi connectivity index (χ2n) is 11.1. The first-order chi connectivity index (χ1) is 19.0. The van der Waals surface area contributed by atoms with Gasteiger partial charge in [0.25, 0.3) is 5.78 Å². The standard InChI is InChI=1S/C30H39N9/c1-5-36-12-14-37(15-13-36)19-24-6-8-26(9-7-24)28-17-32-29(18-31-28)38-11-10-25(20-38)16-27-21(2)33-30-34-23(4)35-39(30)22(27)3/h6-9,17-18,25H,5,10-16,19-20H2,1-4H3/t25-/m0/s1. The van der Waals surface area contributed by atoms with Crippen LogP contribution in [0.3, 0.4) is 0 Å². The van der Waals surface area contributed by atoms with Gasteiger partial charge < -0.3 is 9.80 Å². The predicted molar refractivity (Wildman–Crippen MR) is 154 cm³/mol. The molecule has 9 nitrogen and oxygen atoms in total. The zero-order chi connectivity index (χ0) is 26.9. The molecule has 2 fully saturated rings. The van der Waals surface area contributed by atoms with Crippen LogP contribution in [0.5, 0.6) is 0 Å². The highest BCUT2D eigenvalue weighted by Crippen LogP contribution is 2.28. The molecule has 2 saturated heterocycles. The van der Waals surface area contributed by atoms with E-state index in [4.69, 9.17) is 15.0 Å². The second kappa shape index (κ2) is 11.0. The van der Waals surface area contributed by atoms with Gasteiger partial charge in [0.2, 0.25) is 0 Å². The summed E-state index contributed by atoms with van der Waals surface area (Å²) in [5.41, 5.74) is 6.88. The van der Waals surface area contributed by atoms with Crippen molar-refractivity contribution in [2.75, 3.05) is 50.7 Å². The zero-order valence-electron chi connectivity index (χ0n) is 23.6. The summed E-state index contributed by atoms with van der Waals surface area (Å²) in [6, 6.07) is 8.83. The summed E-state index contributed by atoms with van der Waals surface area (Å²) in [4.78, 5) is 26.2. The largest absolute Gasteiger partial charge is 0.355 e. The van der Waals surface area contributed by atoms with Crippen molar-refractivity contribution in [3.63, 3.8) is 0 Å². The molecule has 1 atom stereocenters. The number of likely N-dealkylation sites (N-methyl/N-ethyl adjacent to an activating group) is 1. The first-order valence-electron chi connectivity index (χ1n) is 14.3. The van der Waals surface area contributed by atoms with Gasteiger partial charge in [-0.2, -0.15) is 10.1 Å². The van der Waals surface area contributed by atoms with Crippen molar-refractivity contribution >= 4 is 11.6 Å². The Balaban J connectivity index is 1.06. The molecule has 0 amide bonds. The van der Waals surface area contributed by atoms with Crippen LogP contribution in [0, 0.1) is 26.7 Å². The van der Waals surface area contributed by atoms with Gasteiger partial charge in [-0.1, -0.05) is 31.2 Å². The molecular formula is C30H39N9. The molecule has 39 heavy (non-hydrogen) atoms. The number of aryl methyl sites for hydroxylation is 3. The van der Waals surface area contributed by atoms with Crippen LogP contribution in [0.25, 0.3) is 17.0 Å². The van der Waals surface area contributed by atoms with Crippen LogP contribution in [-0.2, 0) is 13.0 Å². The second-order valence-corrected chi connectivity index (χ2v) is 11.1. The van der Waals surface area contributed by atoms with Crippen LogP contribution in [-0.4, -0.2) is 85.2 Å². The molecule has 2 aliphatic rings. The van der Waals surface area contributed by atoms with E-state index in [1.165, 1.54) is 24.2 Å². The van der Waals surface area contributed by atoms with Crippen molar-refractivity contribution in [3.8, 4) is 11.3 Å². The molecule has 0 bridgehead atoms. The van der Waals surface area contributed by atoms with E-state index >= 15 is 0 Å². The minimum absolute atomic E-state index is 0.547. The fourth-order valence-electron chi connectivity index (χ4n) is 6.04. The van der Waals surface area contributed by atoms with E-state index in [0.29, 0.717) is 11.7 Å². The van der Waals surface area contributed by atoms with Crippen LogP contribution < -0.4 is 4.90 Å². The van der Waals surface area contributed by atoms with Gasteiger partial charge in [-0.05, 0) is 57.2 Å². The van der Waals surface area contributed by atoms with Crippen LogP contribution in [0.4, 0.5) is 5.82 Å². The molecule has 1 aromatic carbocycles. The van der Waals surface area contributed by atoms with Gasteiger partial charge in [-0.3, -0.25) is 9.88 Å². The summed E-state index contributed by atoms with van der Waals surface area (Å²) in [6.07, 6.45) is 5.97. The molecule has 0 radical (unpaired) electrons. The molecule has 3 aromatic heterocycles. The quantitative estimate of drug-likeness (QED) is 0.361. The Hall–Kier alpha value is -3.43. The Morgan fingerprint density at radius 2 is 1.64 bits per heavy atom. The minimum Gasteiger partial charge on any atom is -0.355 e. The van der Waals surface area contributed by atoms with E-state index in [-0.39, 0.29) is 0 Å². The summed E-state index contributed by atoms with van der Waals surface area (Å²) in [6.45, 7) is 17.1. The van der Waals surface area contributed by atoms with Crippen molar-refractivity contribution in [3.05, 3.63) is 65.0 Å². The number of hydrogen-bond acceptors (Lipinski definition) is 8. The fourth-order valence-corrected chi connectivity index (χ4v) is 6.04. The zero-order valence-corrected chi connectivity index (χ0v) is 23.6.